The van der Waals surface area contributed by atoms with Crippen LogP contribution in [0, 0.1) is 13.8 Å². The van der Waals surface area contributed by atoms with Gasteiger partial charge in [0, 0.05) is 28.5 Å². The zero-order chi connectivity index (χ0) is 30.8. The van der Waals surface area contributed by atoms with Crippen molar-refractivity contribution in [3.8, 4) is 34.0 Å². The minimum Gasteiger partial charge on any atom is -0.456 e. The first kappa shape index (κ1) is 24.3. The molecule has 1 spiro atoms. The summed E-state index contributed by atoms with van der Waals surface area (Å²) in [6, 6.07) is 42.4. The number of hydrogen-bond donors (Lipinski definition) is 0. The topological polar surface area (TPSA) is 21.4 Å². The highest BCUT2D eigenvalue weighted by molar-refractivity contribution is 6.18. The second-order valence-corrected chi connectivity index (χ2v) is 13.5. The average Bonchev–Trinajstić information content (AvgIpc) is 3.72. The molecule has 0 amide bonds. The molecule has 4 nitrogen and oxygen atoms in total. The van der Waals surface area contributed by atoms with Gasteiger partial charge in [0.25, 0.3) is 0 Å². The van der Waals surface area contributed by atoms with Crippen LogP contribution in [-0.4, -0.2) is 4.40 Å². The third-order valence-corrected chi connectivity index (χ3v) is 11.2. The second kappa shape index (κ2) is 7.86. The fraction of sp³-hybridized carbons (Fsp3) is 0.0698. The molecule has 3 aliphatic rings. The van der Waals surface area contributed by atoms with Crippen LogP contribution in [0.1, 0.15) is 22.3 Å². The fourth-order valence-corrected chi connectivity index (χ4v) is 9.41. The molecule has 6 heterocycles. The highest BCUT2D eigenvalue weighted by atomic mass is 16.5. The zero-order valence-electron chi connectivity index (χ0n) is 25.9. The van der Waals surface area contributed by atoms with E-state index in [2.05, 4.69) is 155 Å². The van der Waals surface area contributed by atoms with Crippen molar-refractivity contribution in [3.05, 3.63) is 150 Å². The van der Waals surface area contributed by atoms with Crippen LogP contribution in [-0.2, 0) is 5.66 Å². The molecular formula is C43H27N3O+2. The summed E-state index contributed by atoms with van der Waals surface area (Å²) in [4.78, 5) is 0. The Kier molecular flexibility index (Phi) is 4.06. The summed E-state index contributed by atoms with van der Waals surface area (Å²) in [5.74, 6) is 1.85. The Morgan fingerprint density at radius 2 is 1.36 bits per heavy atom. The van der Waals surface area contributed by atoms with E-state index < -0.39 is 5.66 Å². The summed E-state index contributed by atoms with van der Waals surface area (Å²) in [5.41, 5.74) is 11.7. The SMILES string of the molecule is Cc1cccc(C)c1-c1c[n+]2c3c4c5c(ccc4c4cc6cc7ccccc7cc6cc4n13)Oc1cccc3c1C52[n+]1ccccc1-3. The normalized spacial score (nSPS) is 16.6. The minimum atomic E-state index is -0.608. The number of aromatic nitrogens is 3. The van der Waals surface area contributed by atoms with Crippen LogP contribution in [0.25, 0.3) is 71.4 Å². The molecule has 0 saturated heterocycles. The Morgan fingerprint density at radius 3 is 2.19 bits per heavy atom. The molecule has 0 radical (unpaired) electrons. The largest absolute Gasteiger partial charge is 0.456 e. The highest BCUT2D eigenvalue weighted by Gasteiger charge is 2.68. The predicted molar refractivity (Wildman–Crippen MR) is 186 cm³/mol. The van der Waals surface area contributed by atoms with Crippen molar-refractivity contribution in [3.63, 3.8) is 0 Å². The molecule has 218 valence electrons. The first-order chi connectivity index (χ1) is 23.1. The van der Waals surface area contributed by atoms with E-state index in [1.807, 2.05) is 0 Å². The van der Waals surface area contributed by atoms with Crippen LogP contribution >= 0.6 is 0 Å². The van der Waals surface area contributed by atoms with Gasteiger partial charge in [0.2, 0.25) is 5.69 Å². The number of benzene rings is 6. The molecule has 12 rings (SSSR count). The van der Waals surface area contributed by atoms with Crippen LogP contribution in [0.5, 0.6) is 11.5 Å². The number of ether oxygens (including phenoxy) is 1. The van der Waals surface area contributed by atoms with Crippen molar-refractivity contribution in [2.24, 2.45) is 0 Å². The molecule has 1 atom stereocenters. The van der Waals surface area contributed by atoms with Crippen LogP contribution in [0.2, 0.25) is 0 Å². The Balaban J connectivity index is 1.37. The number of rotatable bonds is 1. The van der Waals surface area contributed by atoms with Crippen molar-refractivity contribution in [1.29, 1.82) is 0 Å². The lowest BCUT2D eigenvalue weighted by Crippen LogP contribution is -2.71. The van der Waals surface area contributed by atoms with Crippen molar-refractivity contribution in [1.82, 2.24) is 4.40 Å². The van der Waals surface area contributed by atoms with Crippen molar-refractivity contribution in [2.45, 2.75) is 19.5 Å². The molecule has 47 heavy (non-hydrogen) atoms. The maximum atomic E-state index is 6.83. The molecule has 0 bridgehead atoms. The van der Waals surface area contributed by atoms with Gasteiger partial charge in [-0.2, -0.15) is 8.97 Å². The van der Waals surface area contributed by atoms with Crippen molar-refractivity contribution >= 4 is 48.9 Å². The third-order valence-electron chi connectivity index (χ3n) is 11.2. The molecule has 9 aromatic rings. The van der Waals surface area contributed by atoms with Crippen LogP contribution in [0.4, 0.5) is 0 Å². The standard InChI is InChI=1S/C43H27N3O/c1-24-9-7-10-25(2)38(24)35-23-45-42-39-30(32-21-28-19-26-11-3-4-12-27(26)20-29(28)22-34(32)46(35)42)16-17-37-41(39)43(45)40-31(13-8-15-36(40)47-37)33-14-5-6-18-44(33)43/h3-23H,1-2H3/q+2. The first-order valence-electron chi connectivity index (χ1n) is 16.4. The van der Waals surface area contributed by atoms with E-state index in [1.165, 1.54) is 93.6 Å². The number of pyridine rings is 2. The van der Waals surface area contributed by atoms with Gasteiger partial charge in [-0.25, -0.2) is 0 Å². The molecule has 1 unspecified atom stereocenters. The van der Waals surface area contributed by atoms with E-state index in [0.29, 0.717) is 0 Å². The first-order valence-corrected chi connectivity index (χ1v) is 16.4. The van der Waals surface area contributed by atoms with Crippen LogP contribution < -0.4 is 13.9 Å². The van der Waals surface area contributed by atoms with Gasteiger partial charge in [0.15, 0.2) is 11.9 Å². The van der Waals surface area contributed by atoms with E-state index in [4.69, 9.17) is 4.74 Å². The van der Waals surface area contributed by atoms with Gasteiger partial charge < -0.3 is 4.74 Å². The predicted octanol–water partition coefficient (Wildman–Crippen LogP) is 9.11. The lowest BCUT2D eigenvalue weighted by molar-refractivity contribution is -0.950. The molecular weight excluding hydrogens is 574 g/mol. The van der Waals surface area contributed by atoms with E-state index in [9.17, 15) is 0 Å². The average molecular weight is 602 g/mol. The summed E-state index contributed by atoms with van der Waals surface area (Å²) >= 11 is 0. The number of aryl methyl sites for hydroxylation is 2. The van der Waals surface area contributed by atoms with Crippen LogP contribution in [0.3, 0.4) is 0 Å². The van der Waals surface area contributed by atoms with Gasteiger partial charge in [0.05, 0.1) is 10.9 Å². The molecule has 0 fully saturated rings. The molecule has 0 saturated carbocycles. The van der Waals surface area contributed by atoms with E-state index in [1.54, 1.807) is 0 Å². The quantitative estimate of drug-likeness (QED) is 0.104. The van der Waals surface area contributed by atoms with Gasteiger partial charge in [-0.15, -0.1) is 4.57 Å². The lowest BCUT2D eigenvalue weighted by atomic mass is 9.85. The number of fused-ring (bicyclic) bond motifs is 7. The molecule has 3 aliphatic heterocycles. The summed E-state index contributed by atoms with van der Waals surface area (Å²) in [6.45, 7) is 4.48. The molecule has 0 aliphatic carbocycles. The second-order valence-electron chi connectivity index (χ2n) is 13.5. The fourth-order valence-electron chi connectivity index (χ4n) is 9.41. The van der Waals surface area contributed by atoms with Gasteiger partial charge >= 0.3 is 11.3 Å². The van der Waals surface area contributed by atoms with Gasteiger partial charge in [0.1, 0.15) is 34.3 Å². The van der Waals surface area contributed by atoms with E-state index in [-0.39, 0.29) is 0 Å². The third kappa shape index (κ3) is 2.60. The molecule has 6 aromatic carbocycles. The smallest absolute Gasteiger partial charge is 0.371 e. The van der Waals surface area contributed by atoms with Crippen molar-refractivity contribution in [2.75, 3.05) is 0 Å². The molecule has 4 heteroatoms. The number of hydrogen-bond acceptors (Lipinski definition) is 1. The number of nitrogens with zero attached hydrogens (tertiary/aromatic N) is 3. The van der Waals surface area contributed by atoms with E-state index in [0.717, 1.165) is 11.5 Å². The minimum absolute atomic E-state index is 0.608. The molecule has 0 N–H and O–H groups in total. The lowest BCUT2D eigenvalue weighted by Gasteiger charge is -2.27. The van der Waals surface area contributed by atoms with E-state index >= 15 is 0 Å². The Labute approximate surface area is 269 Å². The molecule has 3 aromatic heterocycles. The summed E-state index contributed by atoms with van der Waals surface area (Å²) in [6.07, 6.45) is 4.69. The van der Waals surface area contributed by atoms with Gasteiger partial charge in [-0.3, -0.25) is 0 Å². The number of imidazole rings is 1. The highest BCUT2D eigenvalue weighted by Crippen LogP contribution is 2.57. The summed E-state index contributed by atoms with van der Waals surface area (Å²) in [7, 11) is 0. The Morgan fingerprint density at radius 1 is 0.617 bits per heavy atom. The zero-order valence-corrected chi connectivity index (χ0v) is 25.9. The monoisotopic (exact) mass is 601 g/mol. The maximum Gasteiger partial charge on any atom is 0.371 e. The van der Waals surface area contributed by atoms with Gasteiger partial charge in [-0.1, -0.05) is 48.5 Å². The van der Waals surface area contributed by atoms with Gasteiger partial charge in [-0.05, 0) is 101 Å². The summed E-state index contributed by atoms with van der Waals surface area (Å²) < 4.78 is 14.4. The maximum absolute atomic E-state index is 6.83. The van der Waals surface area contributed by atoms with Crippen molar-refractivity contribution < 1.29 is 13.9 Å². The Hall–Kier alpha value is -6.00. The Bertz CT molecular complexity index is 2950. The van der Waals surface area contributed by atoms with Crippen LogP contribution in [0.15, 0.2) is 128 Å². The summed E-state index contributed by atoms with van der Waals surface area (Å²) in [5, 5.41) is 8.79.